The zero-order valence-electron chi connectivity index (χ0n) is 13.6. The van der Waals surface area contributed by atoms with E-state index in [9.17, 15) is 4.79 Å². The average Bonchev–Trinajstić information content (AvgIpc) is 3.16. The summed E-state index contributed by atoms with van der Waals surface area (Å²) in [7, 11) is 1.84. The van der Waals surface area contributed by atoms with Gasteiger partial charge in [0.05, 0.1) is 6.04 Å². The molecule has 0 aliphatic heterocycles. The summed E-state index contributed by atoms with van der Waals surface area (Å²) < 4.78 is 1.77. The number of nitrogens with zero attached hydrogens (tertiary/aromatic N) is 4. The maximum atomic E-state index is 12.2. The molecule has 2 N–H and O–H groups in total. The third-order valence-electron chi connectivity index (χ3n) is 3.47. The molecule has 0 bridgehead atoms. The number of aromatic nitrogens is 4. The molecule has 2 amide bonds. The van der Waals surface area contributed by atoms with E-state index in [0.717, 1.165) is 16.3 Å². The molecule has 0 unspecified atom stereocenters. The van der Waals surface area contributed by atoms with E-state index in [0.29, 0.717) is 11.5 Å². The third kappa shape index (κ3) is 3.60. The lowest BCUT2D eigenvalue weighted by molar-refractivity contribution is 0.248. The van der Waals surface area contributed by atoms with Crippen LogP contribution in [-0.2, 0) is 7.05 Å². The van der Waals surface area contributed by atoms with Gasteiger partial charge in [-0.25, -0.2) is 9.78 Å². The monoisotopic (exact) mass is 342 g/mol. The number of benzene rings is 1. The smallest absolute Gasteiger partial charge is 0.319 e. The number of carbonyl (C=O) groups excluding carboxylic acids is 1. The van der Waals surface area contributed by atoms with E-state index in [1.807, 2.05) is 50.5 Å². The van der Waals surface area contributed by atoms with Crippen molar-refractivity contribution in [2.75, 3.05) is 5.32 Å². The molecule has 3 aromatic rings. The lowest BCUT2D eigenvalue weighted by Crippen LogP contribution is -2.32. The summed E-state index contributed by atoms with van der Waals surface area (Å²) in [5, 5.41) is 16.4. The van der Waals surface area contributed by atoms with Gasteiger partial charge in [-0.1, -0.05) is 12.1 Å². The molecule has 1 aromatic carbocycles. The number of urea groups is 1. The minimum absolute atomic E-state index is 0.248. The lowest BCUT2D eigenvalue weighted by atomic mass is 10.2. The van der Waals surface area contributed by atoms with Crippen LogP contribution in [0.15, 0.2) is 36.0 Å². The van der Waals surface area contributed by atoms with E-state index in [1.165, 1.54) is 0 Å². The number of aryl methyl sites for hydroxylation is 2. The minimum Gasteiger partial charge on any atom is -0.328 e. The van der Waals surface area contributed by atoms with Gasteiger partial charge in [0.2, 0.25) is 0 Å². The second kappa shape index (κ2) is 6.79. The molecular formula is C16H18N6OS. The minimum atomic E-state index is -0.294. The summed E-state index contributed by atoms with van der Waals surface area (Å²) in [5.41, 5.74) is 2.68. The number of amides is 2. The SMILES string of the molecule is Cc1csc(-c2cccc(NC(=O)N[C@@H](C)c3nncn3C)c2)n1. The van der Waals surface area contributed by atoms with Crippen molar-refractivity contribution in [1.29, 1.82) is 0 Å². The highest BCUT2D eigenvalue weighted by molar-refractivity contribution is 7.13. The lowest BCUT2D eigenvalue weighted by Gasteiger charge is -2.14. The van der Waals surface area contributed by atoms with Crippen molar-refractivity contribution in [2.24, 2.45) is 7.05 Å². The predicted molar refractivity (Wildman–Crippen MR) is 93.9 cm³/mol. The Hall–Kier alpha value is -2.74. The highest BCUT2D eigenvalue weighted by Crippen LogP contribution is 2.25. The molecule has 0 saturated heterocycles. The summed E-state index contributed by atoms with van der Waals surface area (Å²) in [6, 6.07) is 7.08. The van der Waals surface area contributed by atoms with E-state index in [4.69, 9.17) is 0 Å². The van der Waals surface area contributed by atoms with Crippen LogP contribution < -0.4 is 10.6 Å². The molecule has 0 aliphatic carbocycles. The van der Waals surface area contributed by atoms with Crippen molar-refractivity contribution in [3.8, 4) is 10.6 Å². The van der Waals surface area contributed by atoms with Crippen molar-refractivity contribution in [2.45, 2.75) is 19.9 Å². The normalized spacial score (nSPS) is 12.0. The maximum Gasteiger partial charge on any atom is 0.319 e. The van der Waals surface area contributed by atoms with E-state index >= 15 is 0 Å². The molecule has 0 radical (unpaired) electrons. The first-order valence-corrected chi connectivity index (χ1v) is 8.35. The van der Waals surface area contributed by atoms with Gasteiger partial charge in [0.1, 0.15) is 11.3 Å². The van der Waals surface area contributed by atoms with Crippen LogP contribution in [0.1, 0.15) is 24.5 Å². The molecular weight excluding hydrogens is 324 g/mol. The summed E-state index contributed by atoms with van der Waals surface area (Å²) >= 11 is 1.58. The summed E-state index contributed by atoms with van der Waals surface area (Å²) in [6.45, 7) is 3.82. The number of hydrogen-bond donors (Lipinski definition) is 2. The van der Waals surface area contributed by atoms with E-state index in [2.05, 4.69) is 25.8 Å². The first-order valence-electron chi connectivity index (χ1n) is 7.47. The highest BCUT2D eigenvalue weighted by atomic mass is 32.1. The van der Waals surface area contributed by atoms with Crippen LogP contribution in [0.25, 0.3) is 10.6 Å². The van der Waals surface area contributed by atoms with Gasteiger partial charge in [0, 0.05) is 29.4 Å². The summed E-state index contributed by atoms with van der Waals surface area (Å²) in [6.07, 6.45) is 1.60. The first-order chi connectivity index (χ1) is 11.5. The molecule has 124 valence electrons. The quantitative estimate of drug-likeness (QED) is 0.763. The van der Waals surface area contributed by atoms with Crippen LogP contribution in [-0.4, -0.2) is 25.8 Å². The summed E-state index contributed by atoms with van der Waals surface area (Å²) in [4.78, 5) is 16.7. The second-order valence-corrected chi connectivity index (χ2v) is 6.35. The van der Waals surface area contributed by atoms with Crippen LogP contribution in [0.3, 0.4) is 0 Å². The molecule has 0 saturated carbocycles. The Balaban J connectivity index is 1.67. The van der Waals surface area contributed by atoms with Gasteiger partial charge < -0.3 is 15.2 Å². The number of hydrogen-bond acceptors (Lipinski definition) is 5. The van der Waals surface area contributed by atoms with Gasteiger partial charge in [0.15, 0.2) is 5.82 Å². The first kappa shape index (κ1) is 16.1. The van der Waals surface area contributed by atoms with Gasteiger partial charge in [-0.3, -0.25) is 0 Å². The van der Waals surface area contributed by atoms with Gasteiger partial charge in [0.25, 0.3) is 0 Å². The highest BCUT2D eigenvalue weighted by Gasteiger charge is 2.14. The number of nitrogens with one attached hydrogen (secondary N) is 2. The predicted octanol–water partition coefficient (Wildman–Crippen LogP) is 3.13. The molecule has 24 heavy (non-hydrogen) atoms. The van der Waals surface area contributed by atoms with E-state index < -0.39 is 0 Å². The molecule has 2 heterocycles. The third-order valence-corrected chi connectivity index (χ3v) is 4.48. The average molecular weight is 342 g/mol. The van der Waals surface area contributed by atoms with Gasteiger partial charge in [-0.05, 0) is 26.0 Å². The van der Waals surface area contributed by atoms with Crippen LogP contribution in [0.5, 0.6) is 0 Å². The molecule has 8 heteroatoms. The number of carbonyl (C=O) groups is 1. The van der Waals surface area contributed by atoms with Crippen LogP contribution >= 0.6 is 11.3 Å². The van der Waals surface area contributed by atoms with Crippen LogP contribution in [0.4, 0.5) is 10.5 Å². The van der Waals surface area contributed by atoms with Crippen LogP contribution in [0, 0.1) is 6.92 Å². The maximum absolute atomic E-state index is 12.2. The second-order valence-electron chi connectivity index (χ2n) is 5.50. The fourth-order valence-electron chi connectivity index (χ4n) is 2.33. The Morgan fingerprint density at radius 1 is 1.38 bits per heavy atom. The molecule has 0 spiro atoms. The Labute approximate surface area is 143 Å². The van der Waals surface area contributed by atoms with Crippen molar-refractivity contribution in [3.63, 3.8) is 0 Å². The van der Waals surface area contributed by atoms with Crippen molar-refractivity contribution in [3.05, 3.63) is 47.5 Å². The zero-order chi connectivity index (χ0) is 17.1. The molecule has 2 aromatic heterocycles. The van der Waals surface area contributed by atoms with Gasteiger partial charge in [-0.2, -0.15) is 0 Å². The fourth-order valence-corrected chi connectivity index (χ4v) is 3.12. The largest absolute Gasteiger partial charge is 0.328 e. The molecule has 3 rings (SSSR count). The molecule has 7 nitrogen and oxygen atoms in total. The fraction of sp³-hybridized carbons (Fsp3) is 0.250. The zero-order valence-corrected chi connectivity index (χ0v) is 14.5. The van der Waals surface area contributed by atoms with E-state index in [1.54, 1.807) is 22.2 Å². The van der Waals surface area contributed by atoms with Crippen molar-refractivity contribution >= 4 is 23.1 Å². The van der Waals surface area contributed by atoms with Gasteiger partial charge >= 0.3 is 6.03 Å². The van der Waals surface area contributed by atoms with Gasteiger partial charge in [-0.15, -0.1) is 21.5 Å². The number of thiazole rings is 1. The Bertz CT molecular complexity index is 856. The molecule has 0 fully saturated rings. The molecule has 0 aliphatic rings. The summed E-state index contributed by atoms with van der Waals surface area (Å²) in [5.74, 6) is 0.692. The topological polar surface area (TPSA) is 84.7 Å². The number of anilines is 1. The Morgan fingerprint density at radius 2 is 2.21 bits per heavy atom. The van der Waals surface area contributed by atoms with Crippen molar-refractivity contribution < 1.29 is 4.79 Å². The Morgan fingerprint density at radius 3 is 2.88 bits per heavy atom. The van der Waals surface area contributed by atoms with E-state index in [-0.39, 0.29) is 12.1 Å². The molecule has 1 atom stereocenters. The van der Waals surface area contributed by atoms with Crippen molar-refractivity contribution in [1.82, 2.24) is 25.1 Å². The Kier molecular flexibility index (Phi) is 4.57. The standard InChI is InChI=1S/C16H18N6OS/c1-10-8-24-15(18-10)12-5-4-6-13(7-12)20-16(23)19-11(2)14-21-17-9-22(14)3/h4-9,11H,1-3H3,(H2,19,20,23)/t11-/m0/s1. The van der Waals surface area contributed by atoms with Crippen LogP contribution in [0.2, 0.25) is 0 Å². The number of rotatable bonds is 4.